The molecule has 0 bridgehead atoms. The molecule has 0 aliphatic rings. The third kappa shape index (κ3) is 8.33. The standard InChI is InChI=1S/C29H32F2N2O6S/c1-29(2,3)16-39-11-7-9-17-8-6-10-18(12-17)24-27(38-5)40-28(32-24)33-25(34)19-13-21(30)20(22(31)14-19)15-23(37-4)26(35)36/h6,8,10,12-15H,7,9,11,16H2,1-5H3,(H,35,36)(H,32,33,34)/b23-15+. The highest BCUT2D eigenvalue weighted by atomic mass is 32.1. The van der Waals surface area contributed by atoms with Crippen LogP contribution in [0.15, 0.2) is 42.2 Å². The summed E-state index contributed by atoms with van der Waals surface area (Å²) in [5.74, 6) is -5.20. The van der Waals surface area contributed by atoms with Crippen molar-refractivity contribution in [2.24, 2.45) is 5.41 Å². The fourth-order valence-electron chi connectivity index (χ4n) is 3.67. The van der Waals surface area contributed by atoms with Crippen LogP contribution in [0.2, 0.25) is 0 Å². The fraction of sp³-hybridized carbons (Fsp3) is 0.345. The molecular formula is C29H32F2N2O6S. The highest BCUT2D eigenvalue weighted by molar-refractivity contribution is 7.18. The summed E-state index contributed by atoms with van der Waals surface area (Å²) in [5.41, 5.74) is 1.57. The lowest BCUT2D eigenvalue weighted by molar-refractivity contribution is -0.135. The van der Waals surface area contributed by atoms with Crippen LogP contribution in [0.4, 0.5) is 13.9 Å². The molecule has 11 heteroatoms. The zero-order valence-electron chi connectivity index (χ0n) is 23.0. The lowest BCUT2D eigenvalue weighted by atomic mass is 9.99. The van der Waals surface area contributed by atoms with Gasteiger partial charge in [-0.05, 0) is 42.0 Å². The number of amides is 1. The van der Waals surface area contributed by atoms with E-state index < -0.39 is 34.8 Å². The number of methoxy groups -OCH3 is 2. The first-order valence-corrected chi connectivity index (χ1v) is 13.2. The van der Waals surface area contributed by atoms with Crippen molar-refractivity contribution in [1.82, 2.24) is 4.98 Å². The summed E-state index contributed by atoms with van der Waals surface area (Å²) in [5, 5.41) is 12.2. The van der Waals surface area contributed by atoms with E-state index in [2.05, 4.69) is 35.8 Å². The van der Waals surface area contributed by atoms with E-state index in [1.165, 1.54) is 7.11 Å². The van der Waals surface area contributed by atoms with Crippen LogP contribution in [0, 0.1) is 17.0 Å². The van der Waals surface area contributed by atoms with Gasteiger partial charge in [0, 0.05) is 29.4 Å². The van der Waals surface area contributed by atoms with Crippen LogP contribution in [0.5, 0.6) is 5.06 Å². The molecule has 0 radical (unpaired) electrons. The Morgan fingerprint density at radius 2 is 1.82 bits per heavy atom. The predicted molar refractivity (Wildman–Crippen MR) is 150 cm³/mol. The smallest absolute Gasteiger partial charge is 0.371 e. The molecule has 0 saturated carbocycles. The Morgan fingerprint density at radius 3 is 2.42 bits per heavy atom. The minimum Gasteiger partial charge on any atom is -0.490 e. The molecule has 2 aromatic carbocycles. The van der Waals surface area contributed by atoms with Crippen molar-refractivity contribution in [1.29, 1.82) is 0 Å². The van der Waals surface area contributed by atoms with E-state index >= 15 is 0 Å². The molecule has 0 atom stereocenters. The average Bonchev–Trinajstić information content (AvgIpc) is 3.30. The number of carboxylic acids is 1. The van der Waals surface area contributed by atoms with Gasteiger partial charge in [0.15, 0.2) is 5.13 Å². The van der Waals surface area contributed by atoms with E-state index in [1.807, 2.05) is 24.3 Å². The molecular weight excluding hydrogens is 542 g/mol. The minimum absolute atomic E-state index is 0.118. The summed E-state index contributed by atoms with van der Waals surface area (Å²) in [7, 11) is 2.55. The van der Waals surface area contributed by atoms with Gasteiger partial charge in [0.2, 0.25) is 10.8 Å². The van der Waals surface area contributed by atoms with Gasteiger partial charge >= 0.3 is 5.97 Å². The number of rotatable bonds is 12. The number of anilines is 1. The van der Waals surface area contributed by atoms with Gasteiger partial charge in [0.25, 0.3) is 5.91 Å². The largest absolute Gasteiger partial charge is 0.490 e. The minimum atomic E-state index is -1.49. The highest BCUT2D eigenvalue weighted by Gasteiger charge is 2.20. The molecule has 3 rings (SSSR count). The molecule has 0 saturated heterocycles. The van der Waals surface area contributed by atoms with Gasteiger partial charge in [-0.2, -0.15) is 0 Å². The Labute approximate surface area is 235 Å². The lowest BCUT2D eigenvalue weighted by Crippen LogP contribution is -2.15. The maximum atomic E-state index is 14.6. The summed E-state index contributed by atoms with van der Waals surface area (Å²) in [6.07, 6.45) is 2.38. The first-order chi connectivity index (χ1) is 18.9. The fourth-order valence-corrected chi connectivity index (χ4v) is 4.47. The van der Waals surface area contributed by atoms with Crippen molar-refractivity contribution in [3.05, 3.63) is 70.5 Å². The van der Waals surface area contributed by atoms with E-state index in [1.54, 1.807) is 0 Å². The maximum Gasteiger partial charge on any atom is 0.371 e. The molecule has 0 aliphatic heterocycles. The molecule has 214 valence electrons. The zero-order valence-corrected chi connectivity index (χ0v) is 23.8. The number of ether oxygens (including phenoxy) is 3. The number of carbonyl (C=O) groups is 2. The number of aryl methyl sites for hydroxylation is 1. The number of benzene rings is 2. The van der Waals surface area contributed by atoms with Crippen molar-refractivity contribution < 1.29 is 37.7 Å². The monoisotopic (exact) mass is 574 g/mol. The van der Waals surface area contributed by atoms with Gasteiger partial charge in [-0.1, -0.05) is 50.3 Å². The van der Waals surface area contributed by atoms with Gasteiger partial charge in [0.1, 0.15) is 17.3 Å². The molecule has 1 heterocycles. The van der Waals surface area contributed by atoms with E-state index in [4.69, 9.17) is 14.6 Å². The summed E-state index contributed by atoms with van der Waals surface area (Å²) in [6.45, 7) is 7.73. The molecule has 0 unspecified atom stereocenters. The number of thiazole rings is 1. The molecule has 0 spiro atoms. The van der Waals surface area contributed by atoms with Crippen LogP contribution in [0.1, 0.15) is 48.7 Å². The summed E-state index contributed by atoms with van der Waals surface area (Å²) in [6, 6.07) is 9.42. The SMILES string of the molecule is CO/C(=C/c1c(F)cc(C(=O)Nc2nc(-c3cccc(CCCOCC(C)(C)C)c3)c(OC)s2)cc1F)C(=O)O. The molecule has 1 aromatic heterocycles. The Morgan fingerprint density at radius 1 is 1.12 bits per heavy atom. The van der Waals surface area contributed by atoms with Crippen LogP contribution in [0.3, 0.4) is 0 Å². The lowest BCUT2D eigenvalue weighted by Gasteiger charge is -2.17. The Kier molecular flexibility index (Phi) is 10.4. The quantitative estimate of drug-likeness (QED) is 0.146. The molecule has 0 fully saturated rings. The van der Waals surface area contributed by atoms with Gasteiger partial charge < -0.3 is 19.3 Å². The van der Waals surface area contributed by atoms with Crippen LogP contribution in [0.25, 0.3) is 17.3 Å². The van der Waals surface area contributed by atoms with Gasteiger partial charge in [-0.15, -0.1) is 0 Å². The second-order valence-electron chi connectivity index (χ2n) is 10.1. The molecule has 2 N–H and O–H groups in total. The maximum absolute atomic E-state index is 14.6. The molecule has 1 amide bonds. The van der Waals surface area contributed by atoms with Crippen molar-refractivity contribution in [2.75, 3.05) is 32.8 Å². The summed E-state index contributed by atoms with van der Waals surface area (Å²) >= 11 is 1.07. The third-order valence-electron chi connectivity index (χ3n) is 5.54. The first kappa shape index (κ1) is 30.7. The summed E-state index contributed by atoms with van der Waals surface area (Å²) < 4.78 is 45.0. The Balaban J connectivity index is 1.75. The topological polar surface area (TPSA) is 107 Å². The van der Waals surface area contributed by atoms with Gasteiger partial charge in [-0.25, -0.2) is 18.6 Å². The van der Waals surface area contributed by atoms with E-state index in [9.17, 15) is 18.4 Å². The first-order valence-electron chi connectivity index (χ1n) is 12.4. The highest BCUT2D eigenvalue weighted by Crippen LogP contribution is 2.38. The zero-order chi connectivity index (χ0) is 29.4. The van der Waals surface area contributed by atoms with Crippen molar-refractivity contribution >= 4 is 34.4 Å². The van der Waals surface area contributed by atoms with Gasteiger partial charge in [0.05, 0.1) is 20.8 Å². The van der Waals surface area contributed by atoms with Crippen molar-refractivity contribution in [3.63, 3.8) is 0 Å². The van der Waals surface area contributed by atoms with E-state index in [-0.39, 0.29) is 16.1 Å². The summed E-state index contributed by atoms with van der Waals surface area (Å²) in [4.78, 5) is 28.4. The number of halogens is 2. The number of carboxylic acid groups (broad SMARTS) is 1. The Hall–Kier alpha value is -3.83. The van der Waals surface area contributed by atoms with Crippen molar-refractivity contribution in [3.8, 4) is 16.3 Å². The van der Waals surface area contributed by atoms with Crippen LogP contribution >= 0.6 is 11.3 Å². The van der Waals surface area contributed by atoms with Crippen molar-refractivity contribution in [2.45, 2.75) is 33.6 Å². The molecule has 40 heavy (non-hydrogen) atoms. The van der Waals surface area contributed by atoms with E-state index in [0.717, 1.165) is 54.5 Å². The number of nitrogens with zero attached hydrogens (tertiary/aromatic N) is 1. The number of nitrogens with one attached hydrogen (secondary N) is 1. The molecule has 3 aromatic rings. The normalized spacial score (nSPS) is 11.8. The predicted octanol–water partition coefficient (Wildman–Crippen LogP) is 6.42. The van der Waals surface area contributed by atoms with Crippen LogP contribution < -0.4 is 10.1 Å². The number of carbonyl (C=O) groups excluding carboxylic acids is 1. The number of aromatic nitrogens is 1. The van der Waals surface area contributed by atoms with Crippen LogP contribution in [-0.2, 0) is 20.7 Å². The number of aliphatic carboxylic acids is 1. The Bertz CT molecular complexity index is 1370. The molecule has 0 aliphatic carbocycles. The van der Waals surface area contributed by atoms with Gasteiger partial charge in [-0.3, -0.25) is 10.1 Å². The second-order valence-corrected chi connectivity index (χ2v) is 11.1. The number of hydrogen-bond acceptors (Lipinski definition) is 7. The van der Waals surface area contributed by atoms with E-state index in [0.29, 0.717) is 30.0 Å². The molecule has 8 nitrogen and oxygen atoms in total. The van der Waals surface area contributed by atoms with Crippen LogP contribution in [-0.4, -0.2) is 49.4 Å². The second kappa shape index (κ2) is 13.5. The average molecular weight is 575 g/mol. The number of hydrogen-bond donors (Lipinski definition) is 2. The third-order valence-corrected chi connectivity index (χ3v) is 6.47.